The van der Waals surface area contributed by atoms with Crippen molar-refractivity contribution in [3.63, 3.8) is 0 Å². The van der Waals surface area contributed by atoms with Gasteiger partial charge >= 0.3 is 11.9 Å². The molecule has 0 amide bonds. The third kappa shape index (κ3) is 7.67. The molecule has 0 saturated carbocycles. The van der Waals surface area contributed by atoms with Crippen LogP contribution in [0.3, 0.4) is 0 Å². The van der Waals surface area contributed by atoms with Crippen molar-refractivity contribution in [1.29, 1.82) is 0 Å². The summed E-state index contributed by atoms with van der Waals surface area (Å²) in [6.45, 7) is 10.8. The van der Waals surface area contributed by atoms with Crippen LogP contribution >= 0.6 is 0 Å². The third-order valence-electron chi connectivity index (χ3n) is 4.75. The molecule has 0 aromatic carbocycles. The molecular weight excluding hydrogens is 304 g/mol. The van der Waals surface area contributed by atoms with Crippen LogP contribution in [0.4, 0.5) is 0 Å². The Hall–Kier alpha value is -1.06. The highest BCUT2D eigenvalue weighted by atomic mass is 16.6. The topological polar surface area (TPSA) is 52.6 Å². The van der Waals surface area contributed by atoms with Crippen LogP contribution < -0.4 is 0 Å². The minimum atomic E-state index is -1.14. The van der Waals surface area contributed by atoms with E-state index in [2.05, 4.69) is 20.8 Å². The average Bonchev–Trinajstić information content (AvgIpc) is 2.58. The molecule has 1 unspecified atom stereocenters. The fraction of sp³-hybridized carbons (Fsp3) is 0.900. The first kappa shape index (κ1) is 22.9. The number of esters is 2. The number of ether oxygens (including phenoxy) is 2. The molecule has 0 aliphatic heterocycles. The highest BCUT2D eigenvalue weighted by Crippen LogP contribution is 2.30. The minimum Gasteiger partial charge on any atom is -0.465 e. The van der Waals surface area contributed by atoms with Crippen molar-refractivity contribution in [2.75, 3.05) is 13.2 Å². The van der Waals surface area contributed by atoms with Crippen LogP contribution in [-0.2, 0) is 19.1 Å². The summed E-state index contributed by atoms with van der Waals surface area (Å²) >= 11 is 0. The number of carbonyl (C=O) groups is 2. The van der Waals surface area contributed by atoms with Gasteiger partial charge in [-0.2, -0.15) is 0 Å². The van der Waals surface area contributed by atoms with Crippen LogP contribution in [0.2, 0.25) is 0 Å². The van der Waals surface area contributed by atoms with Crippen molar-refractivity contribution < 1.29 is 19.1 Å². The third-order valence-corrected chi connectivity index (χ3v) is 4.75. The maximum Gasteiger partial charge on any atom is 0.323 e. The van der Waals surface area contributed by atoms with Gasteiger partial charge < -0.3 is 9.47 Å². The van der Waals surface area contributed by atoms with Gasteiger partial charge in [-0.1, -0.05) is 66.7 Å². The molecule has 0 N–H and O–H groups in total. The van der Waals surface area contributed by atoms with Crippen molar-refractivity contribution in [2.45, 2.75) is 92.4 Å². The van der Waals surface area contributed by atoms with Crippen molar-refractivity contribution in [1.82, 2.24) is 0 Å². The summed E-state index contributed by atoms with van der Waals surface area (Å²) in [5.41, 5.74) is -1.14. The summed E-state index contributed by atoms with van der Waals surface area (Å²) in [5, 5.41) is 0. The molecule has 0 spiro atoms. The molecule has 0 aromatic heterocycles. The summed E-state index contributed by atoms with van der Waals surface area (Å²) < 4.78 is 10.8. The van der Waals surface area contributed by atoms with Crippen molar-refractivity contribution in [3.05, 3.63) is 0 Å². The molecule has 142 valence electrons. The van der Waals surface area contributed by atoms with E-state index in [0.29, 0.717) is 32.0 Å². The number of hydrogen-bond acceptors (Lipinski definition) is 4. The number of unbranched alkanes of at least 4 members (excludes halogenated alkanes) is 4. The predicted molar refractivity (Wildman–Crippen MR) is 97.8 cm³/mol. The van der Waals surface area contributed by atoms with Gasteiger partial charge in [0.2, 0.25) is 0 Å². The average molecular weight is 343 g/mol. The Balaban J connectivity index is 4.49. The lowest BCUT2D eigenvalue weighted by Gasteiger charge is -2.27. The Morgan fingerprint density at radius 2 is 1.42 bits per heavy atom. The second-order valence-corrected chi connectivity index (χ2v) is 6.83. The molecule has 0 aliphatic carbocycles. The zero-order valence-electron chi connectivity index (χ0n) is 16.5. The maximum atomic E-state index is 12.5. The standard InChI is InChI=1S/C20H38O4/c1-6-10-11-12-13-15-23-18(21)20(8-3,9-4)19(22)24-16-17(5)14-7-2/h17H,6-16H2,1-5H3. The molecule has 0 bridgehead atoms. The second-order valence-electron chi connectivity index (χ2n) is 6.83. The van der Waals surface area contributed by atoms with Crippen LogP contribution in [0, 0.1) is 11.3 Å². The summed E-state index contributed by atoms with van der Waals surface area (Å²) in [7, 11) is 0. The number of rotatable bonds is 14. The zero-order valence-corrected chi connectivity index (χ0v) is 16.5. The van der Waals surface area contributed by atoms with E-state index >= 15 is 0 Å². The number of hydrogen-bond donors (Lipinski definition) is 0. The van der Waals surface area contributed by atoms with E-state index in [1.807, 2.05) is 13.8 Å². The molecule has 0 aromatic rings. The molecule has 0 saturated heterocycles. The van der Waals surface area contributed by atoms with Crippen molar-refractivity contribution in [2.24, 2.45) is 11.3 Å². The summed E-state index contributed by atoms with van der Waals surface area (Å²) in [6, 6.07) is 0. The van der Waals surface area contributed by atoms with Gasteiger partial charge in [0.1, 0.15) is 0 Å². The lowest BCUT2D eigenvalue weighted by atomic mass is 9.82. The maximum absolute atomic E-state index is 12.5. The first-order chi connectivity index (χ1) is 11.5. The Kier molecular flexibility index (Phi) is 12.7. The van der Waals surface area contributed by atoms with Gasteiger partial charge in [-0.05, 0) is 31.6 Å². The largest absolute Gasteiger partial charge is 0.465 e. The fourth-order valence-corrected chi connectivity index (χ4v) is 2.85. The van der Waals surface area contributed by atoms with Crippen molar-refractivity contribution in [3.8, 4) is 0 Å². The first-order valence-corrected chi connectivity index (χ1v) is 9.82. The van der Waals surface area contributed by atoms with Gasteiger partial charge in [0, 0.05) is 0 Å². The molecule has 24 heavy (non-hydrogen) atoms. The lowest BCUT2D eigenvalue weighted by molar-refractivity contribution is -0.174. The van der Waals surface area contributed by atoms with Gasteiger partial charge in [0.05, 0.1) is 13.2 Å². The smallest absolute Gasteiger partial charge is 0.323 e. The van der Waals surface area contributed by atoms with E-state index < -0.39 is 17.4 Å². The Morgan fingerprint density at radius 3 is 1.96 bits per heavy atom. The molecule has 0 heterocycles. The molecule has 1 atom stereocenters. The molecule has 4 nitrogen and oxygen atoms in total. The molecular formula is C20H38O4. The highest BCUT2D eigenvalue weighted by Gasteiger charge is 2.45. The molecule has 0 aliphatic rings. The monoisotopic (exact) mass is 342 g/mol. The van der Waals surface area contributed by atoms with Gasteiger partial charge in [-0.3, -0.25) is 9.59 Å². The second kappa shape index (κ2) is 13.3. The van der Waals surface area contributed by atoms with Gasteiger partial charge in [-0.15, -0.1) is 0 Å². The Bertz CT molecular complexity index is 348. The van der Waals surface area contributed by atoms with E-state index in [-0.39, 0.29) is 0 Å². The Labute approximate surface area is 148 Å². The van der Waals surface area contributed by atoms with E-state index in [9.17, 15) is 9.59 Å². The zero-order chi connectivity index (χ0) is 18.4. The molecule has 0 radical (unpaired) electrons. The molecule has 0 fully saturated rings. The van der Waals surface area contributed by atoms with Crippen LogP contribution in [0.25, 0.3) is 0 Å². The number of carbonyl (C=O) groups excluding carboxylic acids is 2. The Morgan fingerprint density at radius 1 is 0.833 bits per heavy atom. The van der Waals surface area contributed by atoms with E-state index in [0.717, 1.165) is 32.1 Å². The van der Waals surface area contributed by atoms with Gasteiger partial charge in [0.15, 0.2) is 5.41 Å². The summed E-state index contributed by atoms with van der Waals surface area (Å²) in [4.78, 5) is 25.0. The fourth-order valence-electron chi connectivity index (χ4n) is 2.85. The molecule has 4 heteroatoms. The van der Waals surface area contributed by atoms with Crippen LogP contribution in [-0.4, -0.2) is 25.2 Å². The van der Waals surface area contributed by atoms with Crippen LogP contribution in [0.15, 0.2) is 0 Å². The predicted octanol–water partition coefficient (Wildman–Crippen LogP) is 5.29. The first-order valence-electron chi connectivity index (χ1n) is 9.82. The SMILES string of the molecule is CCCCCCCOC(=O)C(CC)(CC)C(=O)OCC(C)CCC. The quantitative estimate of drug-likeness (QED) is 0.245. The van der Waals surface area contributed by atoms with Crippen LogP contribution in [0.1, 0.15) is 92.4 Å². The summed E-state index contributed by atoms with van der Waals surface area (Å²) in [6.07, 6.45) is 8.40. The summed E-state index contributed by atoms with van der Waals surface area (Å²) in [5.74, 6) is -0.525. The van der Waals surface area contributed by atoms with E-state index in [4.69, 9.17) is 9.47 Å². The van der Waals surface area contributed by atoms with Crippen LogP contribution in [0.5, 0.6) is 0 Å². The normalized spacial score (nSPS) is 12.7. The molecule has 0 rings (SSSR count). The van der Waals surface area contributed by atoms with E-state index in [1.165, 1.54) is 12.8 Å². The highest BCUT2D eigenvalue weighted by molar-refractivity contribution is 5.99. The lowest BCUT2D eigenvalue weighted by Crippen LogP contribution is -2.41. The minimum absolute atomic E-state index is 0.319. The van der Waals surface area contributed by atoms with Gasteiger partial charge in [-0.25, -0.2) is 0 Å². The van der Waals surface area contributed by atoms with Crippen molar-refractivity contribution >= 4 is 11.9 Å². The van der Waals surface area contributed by atoms with Gasteiger partial charge in [0.25, 0.3) is 0 Å². The van der Waals surface area contributed by atoms with E-state index in [1.54, 1.807) is 0 Å².